The van der Waals surface area contributed by atoms with Crippen LogP contribution in [0.5, 0.6) is 11.5 Å². The number of hydrogen-bond donors (Lipinski definition) is 1. The molecule has 1 amide bonds. The molecule has 0 fully saturated rings. The number of nitrogens with one attached hydrogen (secondary N) is 1. The fourth-order valence-corrected chi connectivity index (χ4v) is 5.06. The fraction of sp³-hybridized carbons (Fsp3) is 0.250. The van der Waals surface area contributed by atoms with Gasteiger partial charge in [0, 0.05) is 17.5 Å². The van der Waals surface area contributed by atoms with Gasteiger partial charge in [-0.3, -0.25) is 9.89 Å². The number of nitrogens with zero attached hydrogens (tertiary/aromatic N) is 2. The molecular formula is C24H23N3O4S. The second kappa shape index (κ2) is 8.20. The molecule has 1 aromatic carbocycles. The molecule has 1 N–H and O–H groups in total. The van der Waals surface area contributed by atoms with Crippen LogP contribution in [-0.4, -0.2) is 41.8 Å². The Hall–Kier alpha value is -3.52. The molecule has 32 heavy (non-hydrogen) atoms. The van der Waals surface area contributed by atoms with E-state index in [4.69, 9.17) is 13.9 Å². The van der Waals surface area contributed by atoms with E-state index in [9.17, 15) is 4.79 Å². The normalized spacial score (nSPS) is 15.5. The molecule has 8 heteroatoms. The zero-order valence-corrected chi connectivity index (χ0v) is 18.9. The Morgan fingerprint density at radius 3 is 2.69 bits per heavy atom. The van der Waals surface area contributed by atoms with E-state index in [1.165, 1.54) is 0 Å². The highest BCUT2D eigenvalue weighted by Gasteiger charge is 2.35. The summed E-state index contributed by atoms with van der Waals surface area (Å²) in [5, 5.41) is 9.25. The van der Waals surface area contributed by atoms with E-state index in [1.807, 2.05) is 47.5 Å². The molecule has 0 bridgehead atoms. The first-order valence-corrected chi connectivity index (χ1v) is 11.2. The average Bonchev–Trinajstić information content (AvgIpc) is 3.58. The molecular weight excluding hydrogens is 426 g/mol. The number of H-pyrrole nitrogens is 1. The number of aryl methyl sites for hydroxylation is 1. The number of fused-ring (bicyclic) bond motifs is 1. The number of carbonyl (C=O) groups excluding carboxylic acids is 1. The molecule has 1 aliphatic heterocycles. The Morgan fingerprint density at radius 1 is 1.19 bits per heavy atom. The zero-order valence-electron chi connectivity index (χ0n) is 18.0. The summed E-state index contributed by atoms with van der Waals surface area (Å²) in [6.07, 6.45) is 0.720. The molecule has 0 saturated carbocycles. The lowest BCUT2D eigenvalue weighted by molar-refractivity contribution is 0.0690. The van der Waals surface area contributed by atoms with Gasteiger partial charge in [-0.2, -0.15) is 5.10 Å². The minimum atomic E-state index is -0.225. The lowest BCUT2D eigenvalue weighted by Crippen LogP contribution is -2.40. The summed E-state index contributed by atoms with van der Waals surface area (Å²) in [4.78, 5) is 16.6. The van der Waals surface area contributed by atoms with E-state index in [-0.39, 0.29) is 11.9 Å². The van der Waals surface area contributed by atoms with E-state index in [0.717, 1.165) is 28.2 Å². The Morgan fingerprint density at radius 2 is 2.00 bits per heavy atom. The number of carbonyl (C=O) groups is 1. The van der Waals surface area contributed by atoms with Gasteiger partial charge in [-0.05, 0) is 60.2 Å². The maximum atomic E-state index is 13.6. The summed E-state index contributed by atoms with van der Waals surface area (Å²) in [5.74, 6) is 2.68. The van der Waals surface area contributed by atoms with Gasteiger partial charge in [0.05, 0.1) is 20.3 Å². The van der Waals surface area contributed by atoms with E-state index in [1.54, 1.807) is 31.6 Å². The SMILES string of the molecule is COc1cc2c(cc1OC)C(c1cccs1)N(C(=O)c1cc(-c3ccc(C)o3)[nH]n1)CC2. The van der Waals surface area contributed by atoms with Crippen LogP contribution >= 0.6 is 11.3 Å². The second-order valence-corrected chi connectivity index (χ2v) is 8.63. The van der Waals surface area contributed by atoms with E-state index >= 15 is 0 Å². The monoisotopic (exact) mass is 449 g/mol. The molecule has 0 saturated heterocycles. The van der Waals surface area contributed by atoms with Crippen LogP contribution < -0.4 is 9.47 Å². The highest BCUT2D eigenvalue weighted by molar-refractivity contribution is 7.10. The molecule has 0 aliphatic carbocycles. The molecule has 1 unspecified atom stereocenters. The number of aromatic nitrogens is 2. The van der Waals surface area contributed by atoms with Crippen LogP contribution in [0.2, 0.25) is 0 Å². The quantitative estimate of drug-likeness (QED) is 0.471. The Labute approximate surface area is 189 Å². The number of ether oxygens (including phenoxy) is 2. The molecule has 1 atom stereocenters. The van der Waals surface area contributed by atoms with Gasteiger partial charge in [0.15, 0.2) is 23.0 Å². The summed E-state index contributed by atoms with van der Waals surface area (Å²) in [6.45, 7) is 2.46. The number of methoxy groups -OCH3 is 2. The van der Waals surface area contributed by atoms with Gasteiger partial charge in [0.1, 0.15) is 11.5 Å². The van der Waals surface area contributed by atoms with Crippen molar-refractivity contribution < 1.29 is 18.7 Å². The summed E-state index contributed by atoms with van der Waals surface area (Å²) < 4.78 is 16.7. The molecule has 4 aromatic rings. The van der Waals surface area contributed by atoms with Crippen LogP contribution in [0, 0.1) is 6.92 Å². The van der Waals surface area contributed by atoms with Crippen LogP contribution in [0.4, 0.5) is 0 Å². The number of furan rings is 1. The first-order chi connectivity index (χ1) is 15.6. The molecule has 0 spiro atoms. The Balaban J connectivity index is 1.54. The van der Waals surface area contributed by atoms with E-state index < -0.39 is 0 Å². The minimum absolute atomic E-state index is 0.130. The summed E-state index contributed by atoms with van der Waals surface area (Å²) in [7, 11) is 3.26. The summed E-state index contributed by atoms with van der Waals surface area (Å²) >= 11 is 1.63. The number of hydrogen-bond acceptors (Lipinski definition) is 6. The maximum absolute atomic E-state index is 13.6. The predicted octanol–water partition coefficient (Wildman–Crippen LogP) is 4.84. The van der Waals surface area contributed by atoms with Crippen molar-refractivity contribution in [2.75, 3.05) is 20.8 Å². The lowest BCUT2D eigenvalue weighted by Gasteiger charge is -2.37. The van der Waals surface area contributed by atoms with Gasteiger partial charge in [-0.1, -0.05) is 6.07 Å². The molecule has 5 rings (SSSR count). The Kier molecular flexibility index (Phi) is 5.22. The van der Waals surface area contributed by atoms with Crippen LogP contribution in [0.1, 0.15) is 38.3 Å². The van der Waals surface area contributed by atoms with Crippen LogP contribution in [-0.2, 0) is 6.42 Å². The van der Waals surface area contributed by atoms with E-state index in [2.05, 4.69) is 16.3 Å². The second-order valence-electron chi connectivity index (χ2n) is 7.65. The van der Waals surface area contributed by atoms with Gasteiger partial charge in [-0.25, -0.2) is 0 Å². The third-order valence-corrected chi connectivity index (χ3v) is 6.67. The van der Waals surface area contributed by atoms with Gasteiger partial charge in [-0.15, -0.1) is 11.3 Å². The van der Waals surface area contributed by atoms with Gasteiger partial charge in [0.25, 0.3) is 5.91 Å². The highest BCUT2D eigenvalue weighted by atomic mass is 32.1. The van der Waals surface area contributed by atoms with Crippen molar-refractivity contribution in [2.45, 2.75) is 19.4 Å². The number of rotatable bonds is 5. The third kappa shape index (κ3) is 3.46. The van der Waals surface area contributed by atoms with Crippen molar-refractivity contribution >= 4 is 17.2 Å². The van der Waals surface area contributed by atoms with Crippen molar-refractivity contribution in [3.8, 4) is 23.0 Å². The number of benzene rings is 1. The number of amides is 1. The lowest BCUT2D eigenvalue weighted by atomic mass is 9.90. The highest BCUT2D eigenvalue weighted by Crippen LogP contribution is 2.42. The van der Waals surface area contributed by atoms with Crippen molar-refractivity contribution in [3.63, 3.8) is 0 Å². The van der Waals surface area contributed by atoms with Crippen molar-refractivity contribution in [1.82, 2.24) is 15.1 Å². The van der Waals surface area contributed by atoms with Crippen LogP contribution in [0.15, 0.2) is 52.3 Å². The zero-order chi connectivity index (χ0) is 22.2. The predicted molar refractivity (Wildman–Crippen MR) is 121 cm³/mol. The third-order valence-electron chi connectivity index (χ3n) is 5.75. The average molecular weight is 450 g/mol. The Bertz CT molecular complexity index is 1260. The summed E-state index contributed by atoms with van der Waals surface area (Å²) in [5.41, 5.74) is 3.23. The van der Waals surface area contributed by atoms with Gasteiger partial charge >= 0.3 is 0 Å². The molecule has 0 radical (unpaired) electrons. The van der Waals surface area contributed by atoms with E-state index in [0.29, 0.717) is 35.2 Å². The minimum Gasteiger partial charge on any atom is -0.493 e. The van der Waals surface area contributed by atoms with Crippen molar-refractivity contribution in [3.05, 3.63) is 75.3 Å². The largest absolute Gasteiger partial charge is 0.493 e. The van der Waals surface area contributed by atoms with Crippen molar-refractivity contribution in [2.24, 2.45) is 0 Å². The van der Waals surface area contributed by atoms with Gasteiger partial charge in [0.2, 0.25) is 0 Å². The number of aromatic amines is 1. The van der Waals surface area contributed by atoms with Crippen LogP contribution in [0.3, 0.4) is 0 Å². The smallest absolute Gasteiger partial charge is 0.275 e. The topological polar surface area (TPSA) is 80.6 Å². The number of thiophene rings is 1. The fourth-order valence-electron chi connectivity index (χ4n) is 4.20. The standard InChI is InChI=1S/C24H23N3O4S/c1-14-6-7-19(31-14)17-13-18(26-25-17)24(28)27-9-8-15-11-20(29-2)21(30-3)12-16(15)23(27)22-5-4-10-32-22/h4-7,10-13,23H,8-9H2,1-3H3,(H,25,26). The first-order valence-electron chi connectivity index (χ1n) is 10.3. The first kappa shape index (κ1) is 20.4. The molecule has 3 aromatic heterocycles. The molecule has 4 heterocycles. The maximum Gasteiger partial charge on any atom is 0.275 e. The van der Waals surface area contributed by atoms with Gasteiger partial charge < -0.3 is 18.8 Å². The summed E-state index contributed by atoms with van der Waals surface area (Å²) in [6, 6.07) is 13.3. The van der Waals surface area contributed by atoms with Crippen molar-refractivity contribution in [1.29, 1.82) is 0 Å². The molecule has 1 aliphatic rings. The molecule has 164 valence electrons. The molecule has 7 nitrogen and oxygen atoms in total. The van der Waals surface area contributed by atoms with Crippen LogP contribution in [0.25, 0.3) is 11.5 Å².